The molecule has 82 valence electrons. The molecule has 1 aromatic rings. The first-order valence-electron chi connectivity index (χ1n) is 4.15. The van der Waals surface area contributed by atoms with Crippen LogP contribution in [0.4, 0.5) is 0 Å². The van der Waals surface area contributed by atoms with E-state index < -0.39 is 11.6 Å². The van der Waals surface area contributed by atoms with E-state index in [1.807, 2.05) is 0 Å². The predicted molar refractivity (Wildman–Crippen MR) is 58.6 cm³/mol. The van der Waals surface area contributed by atoms with Gasteiger partial charge in [0.1, 0.15) is 5.02 Å². The molecule has 0 radical (unpaired) electrons. The largest absolute Gasteiger partial charge is 0.460 e. The van der Waals surface area contributed by atoms with Crippen LogP contribution < -0.4 is 5.63 Å². The van der Waals surface area contributed by atoms with E-state index in [2.05, 4.69) is 20.3 Å². The van der Waals surface area contributed by atoms with Crippen molar-refractivity contribution in [3.8, 4) is 0 Å². The Morgan fingerprint density at radius 3 is 2.87 bits per heavy atom. The van der Waals surface area contributed by atoms with Crippen molar-refractivity contribution < 1.29 is 13.9 Å². The average molecular weight is 296 g/mol. The Hall–Kier alpha value is -0.810. The number of alkyl halides is 1. The molecule has 1 aromatic heterocycles. The number of hydrogen-bond acceptors (Lipinski definition) is 4. The lowest BCUT2D eigenvalue weighted by molar-refractivity contribution is 0.0484. The van der Waals surface area contributed by atoms with Gasteiger partial charge in [0.25, 0.3) is 0 Å². The van der Waals surface area contributed by atoms with Gasteiger partial charge in [-0.2, -0.15) is 0 Å². The summed E-state index contributed by atoms with van der Waals surface area (Å²) < 4.78 is 9.37. The highest BCUT2D eigenvalue weighted by Gasteiger charge is 2.15. The third-order valence-corrected chi connectivity index (χ3v) is 2.59. The van der Waals surface area contributed by atoms with Gasteiger partial charge in [0, 0.05) is 5.33 Å². The normalized spacial score (nSPS) is 10.1. The molecule has 4 nitrogen and oxygen atoms in total. The Morgan fingerprint density at radius 2 is 2.33 bits per heavy atom. The maximum absolute atomic E-state index is 11.3. The molecule has 1 rings (SSSR count). The van der Waals surface area contributed by atoms with Crippen molar-refractivity contribution in [1.82, 2.24) is 0 Å². The fourth-order valence-electron chi connectivity index (χ4n) is 0.927. The zero-order valence-electron chi connectivity index (χ0n) is 7.88. The number of ether oxygens (including phenoxy) is 1. The number of carbonyl (C=O) groups is 1. The zero-order chi connectivity index (χ0) is 11.4. The number of hydrogen-bond donors (Lipinski definition) is 0. The second-order valence-corrected chi connectivity index (χ2v) is 3.53. The van der Waals surface area contributed by atoms with E-state index in [-0.39, 0.29) is 17.4 Å². The number of rotatable bonds is 3. The summed E-state index contributed by atoms with van der Waals surface area (Å²) in [6.07, 6.45) is 0. The van der Waals surface area contributed by atoms with Crippen LogP contribution in [0.2, 0.25) is 5.02 Å². The first kappa shape index (κ1) is 12.3. The van der Waals surface area contributed by atoms with Gasteiger partial charge in [0.05, 0.1) is 6.61 Å². The van der Waals surface area contributed by atoms with Crippen LogP contribution in [0.3, 0.4) is 0 Å². The summed E-state index contributed by atoms with van der Waals surface area (Å²) >= 11 is 8.81. The lowest BCUT2D eigenvalue weighted by Gasteiger charge is -2.02. The Morgan fingerprint density at radius 1 is 1.67 bits per heavy atom. The highest BCUT2D eigenvalue weighted by molar-refractivity contribution is 9.08. The summed E-state index contributed by atoms with van der Waals surface area (Å²) in [7, 11) is 0. The van der Waals surface area contributed by atoms with Gasteiger partial charge in [-0.1, -0.05) is 27.5 Å². The molecule has 0 spiro atoms. The quantitative estimate of drug-likeness (QED) is 0.634. The van der Waals surface area contributed by atoms with E-state index in [0.29, 0.717) is 10.9 Å². The topological polar surface area (TPSA) is 56.5 Å². The Bertz CT molecular complexity index is 427. The molecule has 0 unspecified atom stereocenters. The molecule has 0 aliphatic rings. The van der Waals surface area contributed by atoms with Crippen molar-refractivity contribution >= 4 is 33.5 Å². The number of halogens is 2. The van der Waals surface area contributed by atoms with Gasteiger partial charge >= 0.3 is 11.6 Å². The molecule has 1 heterocycles. The van der Waals surface area contributed by atoms with E-state index in [4.69, 9.17) is 16.3 Å². The number of carbonyl (C=O) groups excluding carboxylic acids is 1. The average Bonchev–Trinajstić information content (AvgIpc) is 2.22. The predicted octanol–water partition coefficient (Wildman–Crippen LogP) is 2.36. The first-order valence-corrected chi connectivity index (χ1v) is 5.65. The molecule has 6 heteroatoms. The zero-order valence-corrected chi connectivity index (χ0v) is 10.2. The Balaban J connectivity index is 3.17. The molecule has 0 saturated carbocycles. The molecular weight excluding hydrogens is 287 g/mol. The molecule has 15 heavy (non-hydrogen) atoms. The standard InChI is InChI=1S/C9H8BrClO4/c1-2-14-8(12)6-3-5(4-10)7(11)9(13)15-6/h3H,2,4H2,1H3. The molecule has 0 aliphatic carbocycles. The Labute approximate surface area is 99.3 Å². The van der Waals surface area contributed by atoms with Crippen LogP contribution >= 0.6 is 27.5 Å². The minimum atomic E-state index is -0.739. The van der Waals surface area contributed by atoms with Gasteiger partial charge in [-0.05, 0) is 18.6 Å². The van der Waals surface area contributed by atoms with Crippen molar-refractivity contribution in [2.75, 3.05) is 6.61 Å². The minimum Gasteiger partial charge on any atom is -0.460 e. The smallest absolute Gasteiger partial charge is 0.374 e. The van der Waals surface area contributed by atoms with Gasteiger partial charge in [-0.25, -0.2) is 9.59 Å². The fourth-order valence-corrected chi connectivity index (χ4v) is 1.69. The van der Waals surface area contributed by atoms with Crippen molar-refractivity contribution in [2.24, 2.45) is 0 Å². The van der Waals surface area contributed by atoms with Crippen molar-refractivity contribution in [3.05, 3.63) is 32.8 Å². The molecule has 0 N–H and O–H groups in total. The van der Waals surface area contributed by atoms with Crippen LogP contribution in [0.5, 0.6) is 0 Å². The van der Waals surface area contributed by atoms with Crippen molar-refractivity contribution in [2.45, 2.75) is 12.3 Å². The van der Waals surface area contributed by atoms with Gasteiger partial charge in [0.2, 0.25) is 5.76 Å². The summed E-state index contributed by atoms with van der Waals surface area (Å²) in [6.45, 7) is 1.88. The first-order chi connectivity index (χ1) is 7.10. The molecule has 0 aliphatic heterocycles. The van der Waals surface area contributed by atoms with Crippen molar-refractivity contribution in [1.29, 1.82) is 0 Å². The maximum Gasteiger partial charge on any atom is 0.374 e. The molecular formula is C9H8BrClO4. The maximum atomic E-state index is 11.3. The van der Waals surface area contributed by atoms with Crippen molar-refractivity contribution in [3.63, 3.8) is 0 Å². The summed E-state index contributed by atoms with van der Waals surface area (Å²) in [5.74, 6) is -0.811. The van der Waals surface area contributed by atoms with Crippen LogP contribution in [0, 0.1) is 0 Å². The third-order valence-electron chi connectivity index (χ3n) is 1.59. The van der Waals surface area contributed by atoms with Crippen LogP contribution in [-0.4, -0.2) is 12.6 Å². The van der Waals surface area contributed by atoms with E-state index in [0.717, 1.165) is 0 Å². The van der Waals surface area contributed by atoms with Crippen LogP contribution in [0.25, 0.3) is 0 Å². The lowest BCUT2D eigenvalue weighted by atomic mass is 10.2. The monoisotopic (exact) mass is 294 g/mol. The SMILES string of the molecule is CCOC(=O)c1cc(CBr)c(Cl)c(=O)o1. The van der Waals surface area contributed by atoms with Gasteiger partial charge in [0.15, 0.2) is 0 Å². The highest BCUT2D eigenvalue weighted by atomic mass is 79.9. The van der Waals surface area contributed by atoms with E-state index >= 15 is 0 Å². The second-order valence-electron chi connectivity index (χ2n) is 2.59. The molecule has 0 atom stereocenters. The third kappa shape index (κ3) is 2.82. The summed E-state index contributed by atoms with van der Waals surface area (Å²) in [5, 5.41) is 0.337. The Kier molecular flexibility index (Phi) is 4.35. The van der Waals surface area contributed by atoms with Gasteiger partial charge in [-0.3, -0.25) is 0 Å². The lowest BCUT2D eigenvalue weighted by Crippen LogP contribution is -2.11. The van der Waals surface area contributed by atoms with Gasteiger partial charge in [-0.15, -0.1) is 0 Å². The molecule has 0 amide bonds. The van der Waals surface area contributed by atoms with Crippen LogP contribution in [0.1, 0.15) is 23.0 Å². The summed E-state index contributed by atoms with van der Waals surface area (Å²) in [4.78, 5) is 22.5. The van der Waals surface area contributed by atoms with E-state index in [9.17, 15) is 9.59 Å². The minimum absolute atomic E-state index is 0.0278. The summed E-state index contributed by atoms with van der Waals surface area (Å²) in [6, 6.07) is 1.39. The highest BCUT2D eigenvalue weighted by Crippen LogP contribution is 2.16. The number of esters is 1. The van der Waals surface area contributed by atoms with E-state index in [1.54, 1.807) is 6.92 Å². The molecule has 0 saturated heterocycles. The summed E-state index contributed by atoms with van der Waals surface area (Å²) in [5.41, 5.74) is -0.243. The van der Waals surface area contributed by atoms with Gasteiger partial charge < -0.3 is 9.15 Å². The van der Waals surface area contributed by atoms with Crippen LogP contribution in [0.15, 0.2) is 15.3 Å². The van der Waals surface area contributed by atoms with Crippen LogP contribution in [-0.2, 0) is 10.1 Å². The molecule has 0 bridgehead atoms. The molecule has 0 aromatic carbocycles. The molecule has 0 fully saturated rings. The second kappa shape index (κ2) is 5.32. The fraction of sp³-hybridized carbons (Fsp3) is 0.333. The van der Waals surface area contributed by atoms with E-state index in [1.165, 1.54) is 6.07 Å².